The molecule has 2 amide bonds. The number of hydrogen-bond donors (Lipinski definition) is 1. The van der Waals surface area contributed by atoms with Crippen molar-refractivity contribution >= 4 is 45.0 Å². The average Bonchev–Trinajstić information content (AvgIpc) is 3.37. The van der Waals surface area contributed by atoms with Gasteiger partial charge in [-0.15, -0.1) is 11.3 Å². The maximum absolute atomic E-state index is 13.9. The average molecular weight is 484 g/mol. The summed E-state index contributed by atoms with van der Waals surface area (Å²) in [6, 6.07) is 11.6. The van der Waals surface area contributed by atoms with Gasteiger partial charge in [0.1, 0.15) is 11.2 Å². The quantitative estimate of drug-likeness (QED) is 0.516. The van der Waals surface area contributed by atoms with Gasteiger partial charge in [0.25, 0.3) is 5.91 Å². The lowest BCUT2D eigenvalue weighted by Gasteiger charge is -2.45. The summed E-state index contributed by atoms with van der Waals surface area (Å²) in [5.74, 6) is 0.797. The van der Waals surface area contributed by atoms with Gasteiger partial charge in [-0.2, -0.15) is 0 Å². The highest BCUT2D eigenvalue weighted by molar-refractivity contribution is 7.17. The van der Waals surface area contributed by atoms with Crippen LogP contribution < -0.4 is 5.32 Å². The number of aromatic nitrogens is 1. The topological polar surface area (TPSA) is 54.3 Å². The molecule has 1 aromatic carbocycles. The monoisotopic (exact) mass is 483 g/mol. The minimum atomic E-state index is -1.01. The first-order valence-electron chi connectivity index (χ1n) is 11.7. The molecule has 0 radical (unpaired) electrons. The highest BCUT2D eigenvalue weighted by Crippen LogP contribution is 2.36. The number of fused-ring (bicyclic) bond motifs is 3. The van der Waals surface area contributed by atoms with Crippen molar-refractivity contribution in [3.63, 3.8) is 0 Å². The zero-order valence-corrected chi connectivity index (χ0v) is 20.9. The Bertz CT molecular complexity index is 1220. The number of thiophene rings is 1. The molecule has 5 rings (SSSR count). The number of nitrogens with one attached hydrogen (secondary N) is 1. The number of hydrogen-bond acceptors (Lipinski definition) is 3. The van der Waals surface area contributed by atoms with Crippen molar-refractivity contribution in [2.75, 3.05) is 0 Å². The molecule has 174 valence electrons. The molecular weight excluding hydrogens is 454 g/mol. The predicted molar refractivity (Wildman–Crippen MR) is 134 cm³/mol. The zero-order valence-electron chi connectivity index (χ0n) is 19.3. The number of carbonyl (C=O) groups excluding carboxylic acids is 2. The summed E-state index contributed by atoms with van der Waals surface area (Å²) in [5.41, 5.74) is 1.56. The largest absolute Gasteiger partial charge is 0.351 e. The number of nitrogens with zero attached hydrogens (tertiary/aromatic N) is 2. The van der Waals surface area contributed by atoms with Gasteiger partial charge in [0.05, 0.1) is 16.8 Å². The van der Waals surface area contributed by atoms with Gasteiger partial charge in [-0.3, -0.25) is 9.59 Å². The second-order valence-electron chi connectivity index (χ2n) is 9.93. The van der Waals surface area contributed by atoms with Crippen LogP contribution in [-0.4, -0.2) is 32.9 Å². The Morgan fingerprint density at radius 2 is 2.06 bits per heavy atom. The van der Waals surface area contributed by atoms with Gasteiger partial charge in [-0.1, -0.05) is 50.4 Å². The molecule has 0 bridgehead atoms. The van der Waals surface area contributed by atoms with E-state index < -0.39 is 5.54 Å². The standard InChI is InChI=1S/C26H30ClN3O2S/c1-16-6-4-9-20(17(16)2)28-25(32)26(3)15-29-21-10-11-33-23(21)13-22(29)24(31)30(26)14-18-7-5-8-19(27)12-18/h5,7-8,10-13,16-17,20H,4,6,9,14-15H2,1-3H3,(H,28,32)/t16-,17-,20+,26+/m1/s1. The zero-order chi connectivity index (χ0) is 23.3. The lowest BCUT2D eigenvalue weighted by molar-refractivity contribution is -0.134. The van der Waals surface area contributed by atoms with E-state index in [2.05, 4.69) is 19.2 Å². The van der Waals surface area contributed by atoms with E-state index in [-0.39, 0.29) is 17.9 Å². The predicted octanol–water partition coefficient (Wildman–Crippen LogP) is 5.71. The van der Waals surface area contributed by atoms with Crippen molar-refractivity contribution < 1.29 is 9.59 Å². The van der Waals surface area contributed by atoms with E-state index >= 15 is 0 Å². The fourth-order valence-corrected chi connectivity index (χ4v) is 6.48. The molecule has 2 aromatic heterocycles. The summed E-state index contributed by atoms with van der Waals surface area (Å²) >= 11 is 7.84. The first-order valence-corrected chi connectivity index (χ1v) is 13.0. The molecule has 7 heteroatoms. The van der Waals surface area contributed by atoms with Crippen LogP contribution in [0.4, 0.5) is 0 Å². The summed E-state index contributed by atoms with van der Waals surface area (Å²) in [5, 5.41) is 6.01. The molecule has 1 aliphatic heterocycles. The normalized spacial score (nSPS) is 27.6. The molecule has 5 nitrogen and oxygen atoms in total. The van der Waals surface area contributed by atoms with Crippen LogP contribution in [0.3, 0.4) is 0 Å². The second kappa shape index (κ2) is 8.48. The molecule has 0 unspecified atom stereocenters. The van der Waals surface area contributed by atoms with Crippen molar-refractivity contribution in [1.29, 1.82) is 0 Å². The number of carbonyl (C=O) groups is 2. The van der Waals surface area contributed by atoms with Crippen molar-refractivity contribution in [1.82, 2.24) is 14.8 Å². The Balaban J connectivity index is 1.53. The van der Waals surface area contributed by atoms with Crippen molar-refractivity contribution in [3.8, 4) is 0 Å². The van der Waals surface area contributed by atoms with E-state index in [9.17, 15) is 9.59 Å². The second-order valence-corrected chi connectivity index (χ2v) is 11.3. The third kappa shape index (κ3) is 3.87. The van der Waals surface area contributed by atoms with E-state index in [1.807, 2.05) is 53.3 Å². The molecule has 1 aliphatic carbocycles. The molecule has 2 aliphatic rings. The summed E-state index contributed by atoms with van der Waals surface area (Å²) in [6.45, 7) is 7.16. The van der Waals surface area contributed by atoms with Crippen LogP contribution in [0.5, 0.6) is 0 Å². The minimum absolute atomic E-state index is 0.0773. The molecule has 4 atom stereocenters. The smallest absolute Gasteiger partial charge is 0.271 e. The molecule has 33 heavy (non-hydrogen) atoms. The SMILES string of the molecule is C[C@@H]1[C@H](C)CCC[C@@H]1NC(=O)[C@]1(C)Cn2c(cc3sccc32)C(=O)N1Cc1cccc(Cl)c1. The Labute approximate surface area is 203 Å². The van der Waals surface area contributed by atoms with Gasteiger partial charge in [-0.05, 0) is 60.4 Å². The Kier molecular flexibility index (Phi) is 5.78. The third-order valence-electron chi connectivity index (χ3n) is 7.79. The van der Waals surface area contributed by atoms with Gasteiger partial charge < -0.3 is 14.8 Å². The van der Waals surface area contributed by atoms with Gasteiger partial charge in [0.15, 0.2) is 0 Å². The fourth-order valence-electron chi connectivity index (χ4n) is 5.45. The number of rotatable bonds is 4. The lowest BCUT2D eigenvalue weighted by atomic mass is 9.77. The van der Waals surface area contributed by atoms with Crippen LogP contribution in [0.15, 0.2) is 41.8 Å². The van der Waals surface area contributed by atoms with E-state index in [1.165, 1.54) is 6.42 Å². The Morgan fingerprint density at radius 3 is 2.85 bits per heavy atom. The number of amides is 2. The van der Waals surface area contributed by atoms with E-state index in [0.29, 0.717) is 35.6 Å². The lowest BCUT2D eigenvalue weighted by Crippen LogP contribution is -2.65. The maximum atomic E-state index is 13.9. The fraction of sp³-hybridized carbons (Fsp3) is 0.462. The molecule has 3 aromatic rings. The van der Waals surface area contributed by atoms with E-state index in [0.717, 1.165) is 28.6 Å². The highest BCUT2D eigenvalue weighted by Gasteiger charge is 2.48. The molecule has 0 saturated heterocycles. The van der Waals surface area contributed by atoms with Crippen LogP contribution in [0, 0.1) is 11.8 Å². The molecule has 1 fully saturated rings. The first-order chi connectivity index (χ1) is 15.8. The van der Waals surface area contributed by atoms with Crippen molar-refractivity contribution in [3.05, 3.63) is 58.1 Å². The van der Waals surface area contributed by atoms with Crippen molar-refractivity contribution in [2.24, 2.45) is 11.8 Å². The van der Waals surface area contributed by atoms with E-state index in [1.54, 1.807) is 16.2 Å². The van der Waals surface area contributed by atoms with E-state index in [4.69, 9.17) is 11.6 Å². The summed E-state index contributed by atoms with van der Waals surface area (Å²) in [6.07, 6.45) is 3.31. The van der Waals surface area contributed by atoms with Crippen molar-refractivity contribution in [2.45, 2.75) is 64.7 Å². The summed E-state index contributed by atoms with van der Waals surface area (Å²) < 4.78 is 3.09. The van der Waals surface area contributed by atoms with Gasteiger partial charge >= 0.3 is 0 Å². The molecule has 0 spiro atoms. The van der Waals surface area contributed by atoms with Gasteiger partial charge in [0, 0.05) is 17.6 Å². The minimum Gasteiger partial charge on any atom is -0.351 e. The Morgan fingerprint density at radius 1 is 1.24 bits per heavy atom. The number of benzene rings is 1. The molecule has 1 saturated carbocycles. The summed E-state index contributed by atoms with van der Waals surface area (Å²) in [4.78, 5) is 29.5. The van der Waals surface area contributed by atoms with Crippen LogP contribution in [-0.2, 0) is 17.9 Å². The highest BCUT2D eigenvalue weighted by atomic mass is 35.5. The summed E-state index contributed by atoms with van der Waals surface area (Å²) in [7, 11) is 0. The molecule has 3 heterocycles. The third-order valence-corrected chi connectivity index (χ3v) is 8.88. The van der Waals surface area contributed by atoms with Gasteiger partial charge in [0.2, 0.25) is 5.91 Å². The number of halogens is 1. The Hall–Kier alpha value is -2.31. The van der Waals surface area contributed by atoms with Gasteiger partial charge in [-0.25, -0.2) is 0 Å². The van der Waals surface area contributed by atoms with Crippen LogP contribution in [0.2, 0.25) is 5.02 Å². The molecular formula is C26H30ClN3O2S. The first kappa shape index (κ1) is 22.5. The molecule has 1 N–H and O–H groups in total. The maximum Gasteiger partial charge on any atom is 0.271 e. The van der Waals surface area contributed by atoms with Crippen LogP contribution >= 0.6 is 22.9 Å². The van der Waals surface area contributed by atoms with Crippen LogP contribution in [0.25, 0.3) is 10.2 Å². The van der Waals surface area contributed by atoms with Crippen LogP contribution in [0.1, 0.15) is 56.1 Å².